The summed E-state index contributed by atoms with van der Waals surface area (Å²) in [5.74, 6) is -3.39. The smallest absolute Gasteiger partial charge is 0.407 e. The topological polar surface area (TPSA) is 176 Å². The maximum absolute atomic E-state index is 12.4. The second kappa shape index (κ2) is 15.5. The number of nitrogens with one attached hydrogen (secondary N) is 2. The van der Waals surface area contributed by atoms with E-state index in [1.165, 1.54) is 24.3 Å². The lowest BCUT2D eigenvalue weighted by Crippen LogP contribution is -2.29. The van der Waals surface area contributed by atoms with Crippen LogP contribution in [0.1, 0.15) is 37.8 Å². The maximum Gasteiger partial charge on any atom is 0.407 e. The van der Waals surface area contributed by atoms with Gasteiger partial charge in [-0.3, -0.25) is 9.59 Å². The molecule has 12 heteroatoms. The Morgan fingerprint density at radius 1 is 0.766 bits per heavy atom. The van der Waals surface area contributed by atoms with Crippen molar-refractivity contribution in [3.05, 3.63) is 113 Å². The van der Waals surface area contributed by atoms with Gasteiger partial charge in [0.1, 0.15) is 24.5 Å². The SMILES string of the molecule is NC(=O)c1c(OC(=O)c2ccccc2)ccc(NC(=O)COCCOCCNC(=O)OCC2c3ccccc3-c3ccccc32)c1O. The fraction of sp³-hybridized carbons (Fsp3) is 0.200. The van der Waals surface area contributed by atoms with Crippen LogP contribution in [0.3, 0.4) is 0 Å². The van der Waals surface area contributed by atoms with Crippen LogP contribution >= 0.6 is 0 Å². The number of nitrogens with two attached hydrogens (primary N) is 1. The number of rotatable bonds is 14. The maximum atomic E-state index is 12.4. The van der Waals surface area contributed by atoms with Crippen LogP contribution in [-0.4, -0.2) is 68.6 Å². The Kier molecular flexibility index (Phi) is 10.8. The van der Waals surface area contributed by atoms with E-state index >= 15 is 0 Å². The molecule has 4 aromatic carbocycles. The first-order chi connectivity index (χ1) is 22.8. The molecular weight excluding hydrogens is 606 g/mol. The minimum atomic E-state index is -1.06. The molecule has 0 saturated heterocycles. The fourth-order valence-corrected chi connectivity index (χ4v) is 5.18. The van der Waals surface area contributed by atoms with Crippen molar-refractivity contribution < 1.29 is 43.2 Å². The number of anilines is 1. The monoisotopic (exact) mass is 639 g/mol. The van der Waals surface area contributed by atoms with E-state index in [0.29, 0.717) is 0 Å². The summed E-state index contributed by atoms with van der Waals surface area (Å²) in [6, 6.07) is 26.7. The number of carbonyl (C=O) groups excluding carboxylic acids is 4. The summed E-state index contributed by atoms with van der Waals surface area (Å²) in [4.78, 5) is 49.0. The second-order valence-corrected chi connectivity index (χ2v) is 10.4. The fourth-order valence-electron chi connectivity index (χ4n) is 5.18. The molecule has 5 rings (SSSR count). The Bertz CT molecular complexity index is 1720. The number of amides is 3. The molecule has 0 saturated carbocycles. The summed E-state index contributed by atoms with van der Waals surface area (Å²) in [6.07, 6.45) is -0.548. The van der Waals surface area contributed by atoms with Crippen LogP contribution in [0.5, 0.6) is 11.5 Å². The van der Waals surface area contributed by atoms with E-state index in [0.717, 1.165) is 22.3 Å². The molecule has 47 heavy (non-hydrogen) atoms. The molecular formula is C35H33N3O9. The lowest BCUT2D eigenvalue weighted by molar-refractivity contribution is -0.121. The van der Waals surface area contributed by atoms with E-state index in [1.54, 1.807) is 18.2 Å². The van der Waals surface area contributed by atoms with Gasteiger partial charge in [0.25, 0.3) is 5.91 Å². The van der Waals surface area contributed by atoms with Crippen molar-refractivity contribution in [1.29, 1.82) is 0 Å². The molecule has 0 unspecified atom stereocenters. The molecule has 4 aromatic rings. The van der Waals surface area contributed by atoms with Crippen molar-refractivity contribution in [2.75, 3.05) is 44.9 Å². The molecule has 0 fully saturated rings. The number of hydrogen-bond donors (Lipinski definition) is 4. The number of fused-ring (bicyclic) bond motifs is 3. The number of ether oxygens (including phenoxy) is 4. The van der Waals surface area contributed by atoms with Gasteiger partial charge in [-0.25, -0.2) is 9.59 Å². The van der Waals surface area contributed by atoms with E-state index in [2.05, 4.69) is 34.9 Å². The zero-order chi connectivity index (χ0) is 33.2. The van der Waals surface area contributed by atoms with E-state index in [1.807, 2.05) is 24.3 Å². The minimum absolute atomic E-state index is 0.0306. The van der Waals surface area contributed by atoms with Crippen molar-refractivity contribution in [2.24, 2.45) is 5.73 Å². The highest BCUT2D eigenvalue weighted by Gasteiger charge is 2.29. The number of primary amides is 1. The number of esters is 1. The third-order valence-corrected chi connectivity index (χ3v) is 7.34. The zero-order valence-electron chi connectivity index (χ0n) is 25.3. The summed E-state index contributed by atoms with van der Waals surface area (Å²) in [7, 11) is 0. The van der Waals surface area contributed by atoms with Gasteiger partial charge in [0.15, 0.2) is 5.75 Å². The highest BCUT2D eigenvalue weighted by atomic mass is 16.6. The number of alkyl carbamates (subject to hydrolysis) is 1. The average Bonchev–Trinajstić information content (AvgIpc) is 3.40. The number of carbonyl (C=O) groups is 4. The Labute approximate surface area is 270 Å². The van der Waals surface area contributed by atoms with Crippen LogP contribution in [0.2, 0.25) is 0 Å². The highest BCUT2D eigenvalue weighted by Crippen LogP contribution is 2.44. The lowest BCUT2D eigenvalue weighted by atomic mass is 9.98. The molecule has 0 atom stereocenters. The van der Waals surface area contributed by atoms with Gasteiger partial charge < -0.3 is 40.4 Å². The molecule has 5 N–H and O–H groups in total. The standard InChI is InChI=1S/C35H33N3O9/c36-33(41)31-29(47-34(42)22-8-2-1-3-9-22)15-14-28(32(31)40)38-30(39)21-45-19-18-44-17-16-37-35(43)46-20-27-25-12-6-4-10-23(25)24-11-5-7-13-26(24)27/h1-15,27,40H,16-21H2,(H2,36,41)(H,37,43)(H,38,39). The van der Waals surface area contributed by atoms with Crippen LogP contribution in [0.15, 0.2) is 91.0 Å². The number of phenols is 1. The Hall–Kier alpha value is -5.72. The molecule has 1 aliphatic carbocycles. The Morgan fingerprint density at radius 3 is 2.09 bits per heavy atom. The molecule has 0 heterocycles. The molecule has 242 valence electrons. The van der Waals surface area contributed by atoms with Crippen LogP contribution in [0.4, 0.5) is 10.5 Å². The molecule has 12 nitrogen and oxygen atoms in total. The second-order valence-electron chi connectivity index (χ2n) is 10.4. The predicted molar refractivity (Wildman–Crippen MR) is 171 cm³/mol. The molecule has 0 spiro atoms. The first kappa shape index (κ1) is 32.7. The number of aromatic hydroxyl groups is 1. The molecule has 0 bridgehead atoms. The summed E-state index contributed by atoms with van der Waals surface area (Å²) in [5.41, 5.74) is 9.60. The number of benzene rings is 4. The molecule has 0 aliphatic heterocycles. The quantitative estimate of drug-likeness (QED) is 0.0681. The van der Waals surface area contributed by atoms with Gasteiger partial charge in [-0.15, -0.1) is 0 Å². The van der Waals surface area contributed by atoms with Gasteiger partial charge >= 0.3 is 12.1 Å². The van der Waals surface area contributed by atoms with Gasteiger partial charge in [-0.05, 0) is 46.5 Å². The summed E-state index contributed by atoms with van der Waals surface area (Å²) in [5, 5.41) is 15.6. The van der Waals surface area contributed by atoms with Crippen molar-refractivity contribution in [1.82, 2.24) is 5.32 Å². The molecule has 3 amide bonds. The van der Waals surface area contributed by atoms with E-state index in [4.69, 9.17) is 24.7 Å². The third-order valence-electron chi connectivity index (χ3n) is 7.34. The van der Waals surface area contributed by atoms with Crippen LogP contribution in [0, 0.1) is 0 Å². The van der Waals surface area contributed by atoms with Crippen molar-refractivity contribution in [3.8, 4) is 22.6 Å². The predicted octanol–water partition coefficient (Wildman–Crippen LogP) is 4.22. The lowest BCUT2D eigenvalue weighted by Gasteiger charge is -2.14. The van der Waals surface area contributed by atoms with Crippen molar-refractivity contribution in [2.45, 2.75) is 5.92 Å². The normalized spacial score (nSPS) is 11.7. The average molecular weight is 640 g/mol. The van der Waals surface area contributed by atoms with Gasteiger partial charge in [0.05, 0.1) is 31.1 Å². The molecule has 1 aliphatic rings. The zero-order valence-corrected chi connectivity index (χ0v) is 25.3. The first-order valence-corrected chi connectivity index (χ1v) is 14.8. The van der Waals surface area contributed by atoms with Crippen LogP contribution < -0.4 is 21.1 Å². The Balaban J connectivity index is 0.978. The first-order valence-electron chi connectivity index (χ1n) is 14.8. The van der Waals surface area contributed by atoms with Crippen molar-refractivity contribution in [3.63, 3.8) is 0 Å². The molecule has 0 radical (unpaired) electrons. The highest BCUT2D eigenvalue weighted by molar-refractivity contribution is 6.04. The van der Waals surface area contributed by atoms with Gasteiger partial charge in [0.2, 0.25) is 5.91 Å². The minimum Gasteiger partial charge on any atom is -0.505 e. The van der Waals surface area contributed by atoms with E-state index in [-0.39, 0.29) is 62.5 Å². The van der Waals surface area contributed by atoms with E-state index in [9.17, 15) is 24.3 Å². The summed E-state index contributed by atoms with van der Waals surface area (Å²) >= 11 is 0. The molecule has 0 aromatic heterocycles. The number of hydrogen-bond acceptors (Lipinski definition) is 9. The third kappa shape index (κ3) is 8.12. The largest absolute Gasteiger partial charge is 0.505 e. The van der Waals surface area contributed by atoms with Crippen LogP contribution in [-0.2, 0) is 19.0 Å². The van der Waals surface area contributed by atoms with Gasteiger partial charge in [-0.2, -0.15) is 0 Å². The van der Waals surface area contributed by atoms with Gasteiger partial charge in [-0.1, -0.05) is 66.7 Å². The van der Waals surface area contributed by atoms with Gasteiger partial charge in [0, 0.05) is 12.5 Å². The summed E-state index contributed by atoms with van der Waals surface area (Å²) < 4.78 is 21.5. The summed E-state index contributed by atoms with van der Waals surface area (Å²) in [6.45, 7) is 0.477. The van der Waals surface area contributed by atoms with Crippen molar-refractivity contribution >= 4 is 29.6 Å². The van der Waals surface area contributed by atoms with E-state index < -0.39 is 35.2 Å². The Morgan fingerprint density at radius 2 is 1.40 bits per heavy atom. The van der Waals surface area contributed by atoms with Crippen LogP contribution in [0.25, 0.3) is 11.1 Å².